The highest BCUT2D eigenvalue weighted by Gasteiger charge is 2.12. The van der Waals surface area contributed by atoms with Gasteiger partial charge in [0.15, 0.2) is 0 Å². The molecule has 6 heteroatoms. The molecule has 2 aromatic carbocycles. The number of hydrogen-bond acceptors (Lipinski definition) is 3. The monoisotopic (exact) mass is 422 g/mol. The van der Waals surface area contributed by atoms with Crippen molar-refractivity contribution in [1.82, 2.24) is 10.2 Å². The Morgan fingerprint density at radius 3 is 2.41 bits per heavy atom. The molecular formula is C21H24Cl2N2OS. The first kappa shape index (κ1) is 20.5. The number of nitrogens with zero attached hydrogens (tertiary/aromatic N) is 1. The van der Waals surface area contributed by atoms with Gasteiger partial charge in [-0.2, -0.15) is 11.8 Å². The fourth-order valence-electron chi connectivity index (χ4n) is 3.12. The lowest BCUT2D eigenvalue weighted by Gasteiger charge is -2.14. The molecule has 0 aliphatic carbocycles. The molecule has 0 aromatic heterocycles. The summed E-state index contributed by atoms with van der Waals surface area (Å²) in [5.74, 6) is 1.68. The maximum Gasteiger partial charge on any atom is 0.251 e. The number of thioether (sulfide) groups is 1. The van der Waals surface area contributed by atoms with E-state index in [-0.39, 0.29) is 5.91 Å². The number of carbonyl (C=O) groups is 1. The van der Waals surface area contributed by atoms with Gasteiger partial charge in [0, 0.05) is 30.2 Å². The van der Waals surface area contributed by atoms with E-state index in [1.165, 1.54) is 31.5 Å². The van der Waals surface area contributed by atoms with Gasteiger partial charge in [0.05, 0.1) is 10.0 Å². The van der Waals surface area contributed by atoms with Gasteiger partial charge >= 0.3 is 0 Å². The Hall–Kier alpha value is -1.20. The number of likely N-dealkylation sites (tertiary alicyclic amines) is 1. The van der Waals surface area contributed by atoms with Crippen molar-refractivity contribution in [3.05, 3.63) is 69.2 Å². The summed E-state index contributed by atoms with van der Waals surface area (Å²) in [5, 5.41) is 4.13. The molecule has 2 aromatic rings. The number of carbonyl (C=O) groups excluding carboxylic acids is 1. The van der Waals surface area contributed by atoms with Crippen LogP contribution in [0.1, 0.15) is 34.3 Å². The predicted molar refractivity (Wildman–Crippen MR) is 116 cm³/mol. The van der Waals surface area contributed by atoms with Crippen LogP contribution in [0.25, 0.3) is 0 Å². The van der Waals surface area contributed by atoms with Crippen LogP contribution in [0.4, 0.5) is 0 Å². The highest BCUT2D eigenvalue weighted by Crippen LogP contribution is 2.24. The lowest BCUT2D eigenvalue weighted by atomic mass is 10.1. The van der Waals surface area contributed by atoms with Gasteiger partial charge in [-0.3, -0.25) is 9.69 Å². The van der Waals surface area contributed by atoms with Gasteiger partial charge in [0.25, 0.3) is 5.91 Å². The van der Waals surface area contributed by atoms with Gasteiger partial charge in [-0.05, 0) is 61.3 Å². The second-order valence-corrected chi connectivity index (χ2v) is 8.66. The Balaban J connectivity index is 1.36. The maximum atomic E-state index is 12.3. The van der Waals surface area contributed by atoms with Crippen LogP contribution in [0.3, 0.4) is 0 Å². The minimum absolute atomic E-state index is 0.0159. The van der Waals surface area contributed by atoms with Crippen LogP contribution < -0.4 is 5.32 Å². The normalized spacial score (nSPS) is 14.4. The molecule has 27 heavy (non-hydrogen) atoms. The standard InChI is InChI=1S/C21H24Cl2N2OS/c22-19-8-5-17(13-20(19)23)15-27-12-9-24-21(26)18-6-3-16(4-7-18)14-25-10-1-2-11-25/h3-8,13H,1-2,9-12,14-15H2,(H,24,26). The lowest BCUT2D eigenvalue weighted by molar-refractivity contribution is 0.0956. The highest BCUT2D eigenvalue weighted by atomic mass is 35.5. The summed E-state index contributed by atoms with van der Waals surface area (Å²) in [4.78, 5) is 14.7. The summed E-state index contributed by atoms with van der Waals surface area (Å²) >= 11 is 13.7. The Kier molecular flexibility index (Phi) is 7.89. The highest BCUT2D eigenvalue weighted by molar-refractivity contribution is 7.98. The average Bonchev–Trinajstić information content (AvgIpc) is 3.18. The third-order valence-corrected chi connectivity index (χ3v) is 6.37. The average molecular weight is 423 g/mol. The molecule has 0 radical (unpaired) electrons. The molecule has 1 amide bonds. The minimum Gasteiger partial charge on any atom is -0.351 e. The van der Waals surface area contributed by atoms with E-state index >= 15 is 0 Å². The summed E-state index contributed by atoms with van der Waals surface area (Å²) in [6.45, 7) is 3.98. The van der Waals surface area contributed by atoms with Crippen LogP contribution in [-0.4, -0.2) is 36.2 Å². The molecule has 1 heterocycles. The Morgan fingerprint density at radius 1 is 1.00 bits per heavy atom. The summed E-state index contributed by atoms with van der Waals surface area (Å²) in [7, 11) is 0. The summed E-state index contributed by atoms with van der Waals surface area (Å²) in [5.41, 5.74) is 3.12. The second kappa shape index (κ2) is 10.4. The second-order valence-electron chi connectivity index (χ2n) is 6.74. The van der Waals surface area contributed by atoms with Gasteiger partial charge in [0.2, 0.25) is 0 Å². The largest absolute Gasteiger partial charge is 0.351 e. The Bertz CT molecular complexity index is 761. The molecule has 0 atom stereocenters. The van der Waals surface area contributed by atoms with Crippen LogP contribution in [0, 0.1) is 0 Å². The topological polar surface area (TPSA) is 32.3 Å². The molecule has 0 spiro atoms. The summed E-state index contributed by atoms with van der Waals surface area (Å²) < 4.78 is 0. The quantitative estimate of drug-likeness (QED) is 0.589. The van der Waals surface area contributed by atoms with Crippen LogP contribution in [-0.2, 0) is 12.3 Å². The van der Waals surface area contributed by atoms with Crippen molar-refractivity contribution in [2.75, 3.05) is 25.4 Å². The maximum absolute atomic E-state index is 12.3. The molecule has 0 saturated carbocycles. The first-order valence-electron chi connectivity index (χ1n) is 9.23. The van der Waals surface area contributed by atoms with E-state index in [0.717, 1.165) is 29.2 Å². The van der Waals surface area contributed by atoms with Crippen molar-refractivity contribution < 1.29 is 4.79 Å². The summed E-state index contributed by atoms with van der Waals surface area (Å²) in [6.07, 6.45) is 2.59. The Labute approximate surface area is 175 Å². The van der Waals surface area contributed by atoms with Crippen LogP contribution in [0.15, 0.2) is 42.5 Å². The van der Waals surface area contributed by atoms with E-state index in [2.05, 4.69) is 22.3 Å². The lowest BCUT2D eigenvalue weighted by Crippen LogP contribution is -2.25. The van der Waals surface area contributed by atoms with Crippen molar-refractivity contribution in [3.63, 3.8) is 0 Å². The molecule has 1 saturated heterocycles. The first-order valence-corrected chi connectivity index (χ1v) is 11.1. The smallest absolute Gasteiger partial charge is 0.251 e. The molecule has 144 valence electrons. The van der Waals surface area contributed by atoms with Gasteiger partial charge in [-0.25, -0.2) is 0 Å². The molecule has 0 bridgehead atoms. The number of amides is 1. The molecule has 1 aliphatic rings. The predicted octanol–water partition coefficient (Wildman–Crippen LogP) is 5.25. The van der Waals surface area contributed by atoms with Crippen LogP contribution in [0.5, 0.6) is 0 Å². The number of halogens is 2. The number of benzene rings is 2. The van der Waals surface area contributed by atoms with Crippen molar-refractivity contribution in [3.8, 4) is 0 Å². The van der Waals surface area contributed by atoms with Crippen molar-refractivity contribution in [2.24, 2.45) is 0 Å². The van der Waals surface area contributed by atoms with E-state index in [0.29, 0.717) is 16.6 Å². The number of hydrogen-bond donors (Lipinski definition) is 1. The molecule has 1 fully saturated rings. The third kappa shape index (κ3) is 6.42. The zero-order chi connectivity index (χ0) is 19.1. The molecule has 1 N–H and O–H groups in total. The SMILES string of the molecule is O=C(NCCSCc1ccc(Cl)c(Cl)c1)c1ccc(CN2CCCC2)cc1. The fourth-order valence-corrected chi connectivity index (χ4v) is 4.25. The number of nitrogens with one attached hydrogen (secondary N) is 1. The van der Waals surface area contributed by atoms with Gasteiger partial charge in [-0.15, -0.1) is 0 Å². The molecule has 3 nitrogen and oxygen atoms in total. The molecule has 3 rings (SSSR count). The molecule has 1 aliphatic heterocycles. The molecule has 0 unspecified atom stereocenters. The van der Waals surface area contributed by atoms with Crippen LogP contribution >= 0.6 is 35.0 Å². The van der Waals surface area contributed by atoms with Crippen molar-refractivity contribution in [2.45, 2.75) is 25.1 Å². The Morgan fingerprint density at radius 2 is 1.70 bits per heavy atom. The van der Waals surface area contributed by atoms with Crippen LogP contribution in [0.2, 0.25) is 10.0 Å². The van der Waals surface area contributed by atoms with Crippen molar-refractivity contribution >= 4 is 40.9 Å². The number of rotatable bonds is 8. The zero-order valence-corrected chi connectivity index (χ0v) is 17.5. The zero-order valence-electron chi connectivity index (χ0n) is 15.2. The van der Waals surface area contributed by atoms with Gasteiger partial charge in [-0.1, -0.05) is 41.4 Å². The van der Waals surface area contributed by atoms with E-state index in [9.17, 15) is 4.79 Å². The van der Waals surface area contributed by atoms with E-state index in [1.807, 2.05) is 30.3 Å². The summed E-state index contributed by atoms with van der Waals surface area (Å²) in [6, 6.07) is 13.6. The van der Waals surface area contributed by atoms with Gasteiger partial charge in [0.1, 0.15) is 0 Å². The third-order valence-electron chi connectivity index (χ3n) is 4.61. The van der Waals surface area contributed by atoms with Gasteiger partial charge < -0.3 is 5.32 Å². The van der Waals surface area contributed by atoms with E-state index in [4.69, 9.17) is 23.2 Å². The van der Waals surface area contributed by atoms with E-state index in [1.54, 1.807) is 11.8 Å². The fraction of sp³-hybridized carbons (Fsp3) is 0.381. The molecular weight excluding hydrogens is 399 g/mol. The van der Waals surface area contributed by atoms with E-state index < -0.39 is 0 Å². The minimum atomic E-state index is -0.0159. The van der Waals surface area contributed by atoms with Crippen molar-refractivity contribution in [1.29, 1.82) is 0 Å². The first-order chi connectivity index (χ1) is 13.1.